The molecule has 1 aliphatic rings. The fourth-order valence-corrected chi connectivity index (χ4v) is 5.14. The smallest absolute Gasteiger partial charge is 0.279 e. The summed E-state index contributed by atoms with van der Waals surface area (Å²) in [5, 5.41) is 4.73. The van der Waals surface area contributed by atoms with Crippen LogP contribution >= 0.6 is 0 Å². The van der Waals surface area contributed by atoms with Gasteiger partial charge in [-0.2, -0.15) is 4.31 Å². The zero-order valence-corrected chi connectivity index (χ0v) is 16.3. The summed E-state index contributed by atoms with van der Waals surface area (Å²) in [5.74, 6) is -0.0948. The first-order valence-corrected chi connectivity index (χ1v) is 10.4. The number of carbonyl (C=O) groups excluding carboxylic acids is 1. The molecular formula is C18H30N3O3S+. The van der Waals surface area contributed by atoms with E-state index in [2.05, 4.69) is 5.32 Å². The van der Waals surface area contributed by atoms with Gasteiger partial charge in [-0.1, -0.05) is 6.42 Å². The highest BCUT2D eigenvalue weighted by Crippen LogP contribution is 2.29. The van der Waals surface area contributed by atoms with Crippen LogP contribution in [0.4, 0.5) is 5.69 Å². The Bertz CT molecular complexity index is 676. The lowest BCUT2D eigenvalue weighted by Crippen LogP contribution is -2.90. The fraction of sp³-hybridized carbons (Fsp3) is 0.611. The number of anilines is 1. The minimum atomic E-state index is -3.51. The molecule has 7 heteroatoms. The van der Waals surface area contributed by atoms with Crippen molar-refractivity contribution in [2.24, 2.45) is 0 Å². The average molecular weight is 369 g/mol. The Balaban J connectivity index is 2.09. The van der Waals surface area contributed by atoms with Gasteiger partial charge in [0, 0.05) is 17.8 Å². The van der Waals surface area contributed by atoms with Crippen molar-refractivity contribution in [3.8, 4) is 0 Å². The van der Waals surface area contributed by atoms with E-state index in [4.69, 9.17) is 0 Å². The molecule has 0 aromatic heterocycles. The second-order valence-corrected chi connectivity index (χ2v) is 9.06. The molecule has 140 valence electrons. The quantitative estimate of drug-likeness (QED) is 0.799. The van der Waals surface area contributed by atoms with Crippen LogP contribution in [0.3, 0.4) is 0 Å². The lowest BCUT2D eigenvalue weighted by atomic mass is 10.0. The fourth-order valence-electron chi connectivity index (χ4n) is 3.26. The Hall–Kier alpha value is -1.44. The van der Waals surface area contributed by atoms with E-state index in [9.17, 15) is 13.2 Å². The summed E-state index contributed by atoms with van der Waals surface area (Å²) in [6.45, 7) is 8.33. The Morgan fingerprint density at radius 3 is 2.28 bits per heavy atom. The maximum absolute atomic E-state index is 13.0. The van der Waals surface area contributed by atoms with Gasteiger partial charge in [-0.15, -0.1) is 0 Å². The van der Waals surface area contributed by atoms with Crippen molar-refractivity contribution >= 4 is 21.6 Å². The van der Waals surface area contributed by atoms with Gasteiger partial charge in [0.25, 0.3) is 5.91 Å². The largest absolute Gasteiger partial charge is 0.336 e. The lowest BCUT2D eigenvalue weighted by molar-refractivity contribution is -0.672. The number of piperidine rings is 1. The third-order valence-electron chi connectivity index (χ3n) is 4.60. The number of quaternary nitrogens is 1. The van der Waals surface area contributed by atoms with Gasteiger partial charge < -0.3 is 10.6 Å². The van der Waals surface area contributed by atoms with Gasteiger partial charge in [0.15, 0.2) is 6.54 Å². The molecule has 2 rings (SSSR count). The first-order chi connectivity index (χ1) is 11.7. The molecule has 0 bridgehead atoms. The van der Waals surface area contributed by atoms with E-state index in [0.29, 0.717) is 18.3 Å². The van der Waals surface area contributed by atoms with Gasteiger partial charge >= 0.3 is 0 Å². The van der Waals surface area contributed by atoms with Gasteiger partial charge in [-0.25, -0.2) is 8.42 Å². The Kier molecular flexibility index (Phi) is 6.59. The molecule has 25 heavy (non-hydrogen) atoms. The molecule has 0 unspecified atom stereocenters. The van der Waals surface area contributed by atoms with Crippen LogP contribution in [-0.2, 0) is 14.8 Å². The molecular weight excluding hydrogens is 338 g/mol. The van der Waals surface area contributed by atoms with Crippen molar-refractivity contribution in [3.05, 3.63) is 24.3 Å². The number of hydrogen-bond donors (Lipinski definition) is 2. The number of carbonyl (C=O) groups is 1. The SMILES string of the molecule is CC(C)[NH2+]CC(=O)Nc1ccc(S(=O)(=O)N2[C@H](C)CCC[C@H]2C)cc1. The Morgan fingerprint density at radius 1 is 1.20 bits per heavy atom. The maximum Gasteiger partial charge on any atom is 0.279 e. The first-order valence-electron chi connectivity index (χ1n) is 8.98. The molecule has 2 atom stereocenters. The highest BCUT2D eigenvalue weighted by molar-refractivity contribution is 7.89. The number of nitrogens with zero attached hydrogens (tertiary/aromatic N) is 1. The van der Waals surface area contributed by atoms with Crippen LogP contribution in [0.1, 0.15) is 47.0 Å². The normalized spacial score (nSPS) is 22.1. The van der Waals surface area contributed by atoms with Crippen LogP contribution in [0.5, 0.6) is 0 Å². The Labute approximate surface area is 151 Å². The van der Waals surface area contributed by atoms with Crippen LogP contribution in [0.25, 0.3) is 0 Å². The standard InChI is InChI=1S/C18H29N3O3S/c1-13(2)19-12-18(22)20-16-8-10-17(11-9-16)25(23,24)21-14(3)6-5-7-15(21)4/h8-11,13-15,19H,5-7,12H2,1-4H3,(H,20,22)/p+1/t14-,15-/m1/s1. The van der Waals surface area contributed by atoms with E-state index in [-0.39, 0.29) is 22.9 Å². The average Bonchev–Trinajstić information content (AvgIpc) is 2.53. The number of amides is 1. The van der Waals surface area contributed by atoms with Crippen LogP contribution in [0.15, 0.2) is 29.2 Å². The summed E-state index contributed by atoms with van der Waals surface area (Å²) in [6, 6.07) is 6.83. The monoisotopic (exact) mass is 368 g/mol. The molecule has 0 saturated carbocycles. The van der Waals surface area contributed by atoms with E-state index in [1.54, 1.807) is 28.6 Å². The minimum Gasteiger partial charge on any atom is -0.336 e. The molecule has 0 spiro atoms. The zero-order valence-electron chi connectivity index (χ0n) is 15.5. The number of benzene rings is 1. The summed E-state index contributed by atoms with van der Waals surface area (Å²) in [4.78, 5) is 12.1. The number of rotatable bonds is 6. The molecule has 0 radical (unpaired) electrons. The van der Waals surface area contributed by atoms with Crippen molar-refractivity contribution in [3.63, 3.8) is 0 Å². The topological polar surface area (TPSA) is 83.1 Å². The van der Waals surface area contributed by atoms with Crippen molar-refractivity contribution in [2.45, 2.75) is 70.0 Å². The third-order valence-corrected chi connectivity index (χ3v) is 6.74. The third kappa shape index (κ3) is 5.03. The summed E-state index contributed by atoms with van der Waals surface area (Å²) in [7, 11) is -3.51. The van der Waals surface area contributed by atoms with Crippen molar-refractivity contribution in [2.75, 3.05) is 11.9 Å². The molecule has 1 saturated heterocycles. The molecule has 1 heterocycles. The highest BCUT2D eigenvalue weighted by Gasteiger charge is 2.35. The lowest BCUT2D eigenvalue weighted by Gasteiger charge is -2.37. The number of nitrogens with two attached hydrogens (primary N) is 1. The number of sulfonamides is 1. The molecule has 1 aliphatic heterocycles. The van der Waals surface area contributed by atoms with Gasteiger partial charge in [-0.3, -0.25) is 4.79 Å². The van der Waals surface area contributed by atoms with Crippen molar-refractivity contribution < 1.29 is 18.5 Å². The summed E-state index contributed by atoms with van der Waals surface area (Å²) >= 11 is 0. The summed E-state index contributed by atoms with van der Waals surface area (Å²) in [5.41, 5.74) is 0.612. The van der Waals surface area contributed by atoms with E-state index in [0.717, 1.165) is 19.3 Å². The Morgan fingerprint density at radius 2 is 1.76 bits per heavy atom. The summed E-state index contributed by atoms with van der Waals surface area (Å²) in [6.07, 6.45) is 2.85. The van der Waals surface area contributed by atoms with E-state index in [1.165, 1.54) is 0 Å². The van der Waals surface area contributed by atoms with Crippen LogP contribution < -0.4 is 10.6 Å². The van der Waals surface area contributed by atoms with Gasteiger partial charge in [0.2, 0.25) is 10.0 Å². The zero-order chi connectivity index (χ0) is 18.6. The highest BCUT2D eigenvalue weighted by atomic mass is 32.2. The van der Waals surface area contributed by atoms with Crippen LogP contribution in [0, 0.1) is 0 Å². The molecule has 3 N–H and O–H groups in total. The van der Waals surface area contributed by atoms with Gasteiger partial charge in [-0.05, 0) is 64.8 Å². The predicted molar refractivity (Wildman–Crippen MR) is 98.8 cm³/mol. The van der Waals surface area contributed by atoms with Crippen LogP contribution in [-0.4, -0.2) is 43.3 Å². The van der Waals surface area contributed by atoms with Crippen LogP contribution in [0.2, 0.25) is 0 Å². The maximum atomic E-state index is 13.0. The van der Waals surface area contributed by atoms with Gasteiger partial charge in [0.1, 0.15) is 0 Å². The number of nitrogens with one attached hydrogen (secondary N) is 1. The molecule has 0 aliphatic carbocycles. The molecule has 1 aromatic carbocycles. The molecule has 1 aromatic rings. The predicted octanol–water partition coefficient (Wildman–Crippen LogP) is 1.55. The van der Waals surface area contributed by atoms with Gasteiger partial charge in [0.05, 0.1) is 10.9 Å². The first kappa shape index (κ1) is 19.9. The second kappa shape index (κ2) is 8.29. The van der Waals surface area contributed by atoms with E-state index < -0.39 is 10.0 Å². The van der Waals surface area contributed by atoms with E-state index >= 15 is 0 Å². The van der Waals surface area contributed by atoms with E-state index in [1.807, 2.05) is 33.0 Å². The molecule has 1 fully saturated rings. The van der Waals surface area contributed by atoms with Crippen molar-refractivity contribution in [1.82, 2.24) is 4.31 Å². The van der Waals surface area contributed by atoms with Crippen molar-refractivity contribution in [1.29, 1.82) is 0 Å². The molecule has 6 nitrogen and oxygen atoms in total. The minimum absolute atomic E-state index is 0.0136. The number of hydrogen-bond acceptors (Lipinski definition) is 3. The second-order valence-electron chi connectivity index (χ2n) is 7.22. The molecule has 1 amide bonds. The summed E-state index contributed by atoms with van der Waals surface area (Å²) < 4.78 is 27.5.